The summed E-state index contributed by atoms with van der Waals surface area (Å²) in [7, 11) is 3.40. The number of hydrogen-bond acceptors (Lipinski definition) is 10. The summed E-state index contributed by atoms with van der Waals surface area (Å²) in [6, 6.07) is 22.7. The molecule has 0 aliphatic carbocycles. The first-order valence-corrected chi connectivity index (χ1v) is 13.2. The minimum atomic E-state index is -0.259. The van der Waals surface area contributed by atoms with E-state index in [1.807, 2.05) is 72.8 Å². The third kappa shape index (κ3) is 11.3. The molecular weight excluding hydrogens is 510 g/mol. The number of hydrogen-bond donors (Lipinski definition) is 0. The molecule has 0 N–H and O–H groups in total. The van der Waals surface area contributed by atoms with E-state index in [4.69, 9.17) is 18.9 Å². The van der Waals surface area contributed by atoms with Crippen LogP contribution in [0, 0.1) is 0 Å². The number of nitrogens with zero attached hydrogens (tertiary/aromatic N) is 5. The number of ether oxygens (including phenoxy) is 4. The van der Waals surface area contributed by atoms with Gasteiger partial charge in [0.15, 0.2) is 0 Å². The Morgan fingerprint density at radius 1 is 0.625 bits per heavy atom. The van der Waals surface area contributed by atoms with Crippen LogP contribution in [0.2, 0.25) is 0 Å². The van der Waals surface area contributed by atoms with Crippen molar-refractivity contribution in [1.82, 2.24) is 0 Å². The van der Waals surface area contributed by atoms with Crippen LogP contribution in [0.15, 0.2) is 93.3 Å². The van der Waals surface area contributed by atoms with Crippen molar-refractivity contribution in [3.63, 3.8) is 0 Å². The number of carbonyl (C=O) groups excluding carboxylic acids is 1. The van der Waals surface area contributed by atoms with Crippen molar-refractivity contribution in [3.05, 3.63) is 72.8 Å². The lowest BCUT2D eigenvalue weighted by molar-refractivity contribution is -0.141. The molecule has 0 aromatic heterocycles. The normalized spacial score (nSPS) is 11.3. The SMILES string of the molecule is COCCN(CCOC)c1ccc(N=Nc2ccc(N=Nc3ccc(OCCCCOC(C)=O)cc3)cc2)cc1. The summed E-state index contributed by atoms with van der Waals surface area (Å²) in [5.74, 6) is 0.496. The van der Waals surface area contributed by atoms with E-state index in [2.05, 4.69) is 25.4 Å². The molecule has 0 amide bonds. The van der Waals surface area contributed by atoms with Crippen LogP contribution in [-0.4, -0.2) is 59.7 Å². The van der Waals surface area contributed by atoms with Gasteiger partial charge in [-0.3, -0.25) is 4.79 Å². The molecule has 3 aromatic carbocycles. The minimum Gasteiger partial charge on any atom is -0.494 e. The zero-order valence-corrected chi connectivity index (χ0v) is 23.4. The Labute approximate surface area is 235 Å². The monoisotopic (exact) mass is 547 g/mol. The van der Waals surface area contributed by atoms with Crippen molar-refractivity contribution in [2.24, 2.45) is 20.5 Å². The number of esters is 1. The van der Waals surface area contributed by atoms with E-state index in [0.29, 0.717) is 32.1 Å². The largest absolute Gasteiger partial charge is 0.494 e. The first kappa shape index (κ1) is 30.4. The lowest BCUT2D eigenvalue weighted by atomic mass is 10.2. The van der Waals surface area contributed by atoms with Gasteiger partial charge in [0.25, 0.3) is 0 Å². The first-order chi connectivity index (χ1) is 19.6. The minimum absolute atomic E-state index is 0.259. The van der Waals surface area contributed by atoms with E-state index < -0.39 is 0 Å². The molecule has 0 aliphatic rings. The molecule has 0 saturated carbocycles. The molecule has 0 unspecified atom stereocenters. The van der Waals surface area contributed by atoms with Gasteiger partial charge in [0.2, 0.25) is 0 Å². The smallest absolute Gasteiger partial charge is 0.302 e. The van der Waals surface area contributed by atoms with E-state index >= 15 is 0 Å². The fourth-order valence-corrected chi connectivity index (χ4v) is 3.54. The van der Waals surface area contributed by atoms with Gasteiger partial charge in [-0.25, -0.2) is 0 Å². The van der Waals surface area contributed by atoms with Gasteiger partial charge >= 0.3 is 5.97 Å². The fourth-order valence-electron chi connectivity index (χ4n) is 3.54. The number of methoxy groups -OCH3 is 2. The molecule has 3 rings (SSSR count). The van der Waals surface area contributed by atoms with Crippen LogP contribution >= 0.6 is 0 Å². The van der Waals surface area contributed by atoms with Crippen molar-refractivity contribution in [2.75, 3.05) is 58.6 Å². The van der Waals surface area contributed by atoms with Crippen LogP contribution in [0.1, 0.15) is 19.8 Å². The van der Waals surface area contributed by atoms with Crippen molar-refractivity contribution in [2.45, 2.75) is 19.8 Å². The van der Waals surface area contributed by atoms with Crippen LogP contribution in [-0.2, 0) is 19.0 Å². The Bertz CT molecular complexity index is 1190. The topological polar surface area (TPSA) is 107 Å². The van der Waals surface area contributed by atoms with Gasteiger partial charge in [0.05, 0.1) is 49.2 Å². The van der Waals surface area contributed by atoms with Crippen molar-refractivity contribution in [1.29, 1.82) is 0 Å². The number of anilines is 1. The zero-order valence-electron chi connectivity index (χ0n) is 23.4. The number of azo groups is 2. The molecule has 0 bridgehead atoms. The second-order valence-electron chi connectivity index (χ2n) is 8.79. The van der Waals surface area contributed by atoms with Gasteiger partial charge in [-0.05, 0) is 85.6 Å². The van der Waals surface area contributed by atoms with Gasteiger partial charge in [0.1, 0.15) is 5.75 Å². The Morgan fingerprint density at radius 3 is 1.50 bits per heavy atom. The predicted octanol–water partition coefficient (Wildman–Crippen LogP) is 7.34. The number of unbranched alkanes of at least 4 members (excludes halogenated alkanes) is 1. The standard InChI is InChI=1S/C30H37N5O5/c1-24(36)39-20-4-5-21-40-30-16-12-28(13-17-30)34-32-26-8-6-25(7-9-26)31-33-27-10-14-29(15-11-27)35(18-22-37-2)19-23-38-3/h6-17H,4-5,18-23H2,1-3H3. The van der Waals surface area contributed by atoms with Crippen molar-refractivity contribution < 1.29 is 23.7 Å². The second kappa shape index (κ2) is 17.4. The molecule has 0 saturated heterocycles. The van der Waals surface area contributed by atoms with Gasteiger partial charge in [-0.1, -0.05) is 0 Å². The number of rotatable bonds is 17. The van der Waals surface area contributed by atoms with Crippen LogP contribution in [0.25, 0.3) is 0 Å². The number of carbonyl (C=O) groups is 1. The van der Waals surface area contributed by atoms with Crippen LogP contribution in [0.4, 0.5) is 28.4 Å². The average Bonchev–Trinajstić information content (AvgIpc) is 2.98. The highest BCUT2D eigenvalue weighted by molar-refractivity contribution is 5.65. The highest BCUT2D eigenvalue weighted by Crippen LogP contribution is 2.25. The maximum absolute atomic E-state index is 10.7. The third-order valence-electron chi connectivity index (χ3n) is 5.71. The van der Waals surface area contributed by atoms with Crippen LogP contribution in [0.5, 0.6) is 5.75 Å². The first-order valence-electron chi connectivity index (χ1n) is 13.2. The molecule has 0 radical (unpaired) electrons. The molecule has 0 heterocycles. The lowest BCUT2D eigenvalue weighted by Crippen LogP contribution is -2.30. The average molecular weight is 548 g/mol. The van der Waals surface area contributed by atoms with E-state index in [1.165, 1.54) is 6.92 Å². The summed E-state index contributed by atoms with van der Waals surface area (Å²) in [4.78, 5) is 13.0. The molecule has 3 aromatic rings. The summed E-state index contributed by atoms with van der Waals surface area (Å²) in [6.07, 6.45) is 1.57. The van der Waals surface area contributed by atoms with Crippen LogP contribution in [0.3, 0.4) is 0 Å². The van der Waals surface area contributed by atoms with Gasteiger partial charge in [0, 0.05) is 39.9 Å². The van der Waals surface area contributed by atoms with Gasteiger partial charge in [-0.2, -0.15) is 20.5 Å². The summed E-state index contributed by atoms with van der Waals surface area (Å²) in [6.45, 7) is 5.23. The molecule has 0 aliphatic heterocycles. The molecule has 0 spiro atoms. The summed E-state index contributed by atoms with van der Waals surface area (Å²) < 4.78 is 21.0. The summed E-state index contributed by atoms with van der Waals surface area (Å²) >= 11 is 0. The highest BCUT2D eigenvalue weighted by Gasteiger charge is 2.06. The lowest BCUT2D eigenvalue weighted by Gasteiger charge is -2.24. The van der Waals surface area contributed by atoms with E-state index in [9.17, 15) is 4.79 Å². The Morgan fingerprint density at radius 2 is 1.05 bits per heavy atom. The maximum Gasteiger partial charge on any atom is 0.302 e. The van der Waals surface area contributed by atoms with Gasteiger partial charge in [-0.15, -0.1) is 0 Å². The molecule has 0 fully saturated rings. The summed E-state index contributed by atoms with van der Waals surface area (Å²) in [5.41, 5.74) is 4.00. The Hall–Kier alpha value is -4.15. The molecule has 212 valence electrons. The maximum atomic E-state index is 10.7. The van der Waals surface area contributed by atoms with Crippen molar-refractivity contribution >= 4 is 34.4 Å². The molecular formula is C30H37N5O5. The van der Waals surface area contributed by atoms with Gasteiger partial charge < -0.3 is 23.8 Å². The van der Waals surface area contributed by atoms with E-state index in [0.717, 1.165) is 54.4 Å². The molecule has 10 nitrogen and oxygen atoms in total. The fraction of sp³-hybridized carbons (Fsp3) is 0.367. The van der Waals surface area contributed by atoms with Crippen LogP contribution < -0.4 is 9.64 Å². The quantitative estimate of drug-likeness (QED) is 0.0994. The Kier molecular flexibility index (Phi) is 13.3. The third-order valence-corrected chi connectivity index (χ3v) is 5.71. The number of benzene rings is 3. The predicted molar refractivity (Wildman–Crippen MR) is 155 cm³/mol. The highest BCUT2D eigenvalue weighted by atomic mass is 16.5. The summed E-state index contributed by atoms with van der Waals surface area (Å²) in [5, 5.41) is 17.3. The molecule has 40 heavy (non-hydrogen) atoms. The van der Waals surface area contributed by atoms with Crippen molar-refractivity contribution in [3.8, 4) is 5.75 Å². The van der Waals surface area contributed by atoms with E-state index in [-0.39, 0.29) is 5.97 Å². The second-order valence-corrected chi connectivity index (χ2v) is 8.79. The molecule has 10 heteroatoms. The molecule has 0 atom stereocenters. The zero-order chi connectivity index (χ0) is 28.4. The Balaban J connectivity index is 1.47. The van der Waals surface area contributed by atoms with E-state index in [1.54, 1.807) is 14.2 Å².